The lowest BCUT2D eigenvalue weighted by Crippen LogP contribution is -2.44. The molecule has 4 aromatic rings. The summed E-state index contributed by atoms with van der Waals surface area (Å²) in [6, 6.07) is 7.09. The van der Waals surface area contributed by atoms with Gasteiger partial charge in [-0.3, -0.25) is 13.9 Å². The van der Waals surface area contributed by atoms with Gasteiger partial charge in [0, 0.05) is 12.7 Å². The molecule has 0 bridgehead atoms. The number of carboxylic acid groups (broad SMARTS) is 1. The Morgan fingerprint density at radius 3 is 2.46 bits per heavy atom. The molecule has 0 aliphatic rings. The molecule has 12 heteroatoms. The molecular formula is C23H17F4N4O4-. The number of benzene rings is 2. The Morgan fingerprint density at radius 1 is 1.11 bits per heavy atom. The maximum atomic E-state index is 14.0. The van der Waals surface area contributed by atoms with Gasteiger partial charge < -0.3 is 14.5 Å². The number of halogens is 4. The third kappa shape index (κ3) is 4.11. The second-order valence-electron chi connectivity index (χ2n) is 7.72. The first kappa shape index (κ1) is 23.9. The Hall–Kier alpha value is -4.22. The van der Waals surface area contributed by atoms with Crippen molar-refractivity contribution in [2.45, 2.75) is 33.1 Å². The fraction of sp³-hybridized carbons (Fsp3) is 0.217. The van der Waals surface area contributed by atoms with E-state index < -0.39 is 52.4 Å². The fourth-order valence-corrected chi connectivity index (χ4v) is 4.04. The highest BCUT2D eigenvalue weighted by molar-refractivity contribution is 5.85. The highest BCUT2D eigenvalue weighted by Crippen LogP contribution is 2.34. The average Bonchev–Trinajstić information content (AvgIpc) is 3.09. The standard InChI is InChI=1S/C23H18F4N4O4/c1-3-29-12(2)28-17-9-14(7-8-18(17)29)30-11-15(21(33)34)20(32)31(22(30)35)10-13-5-4-6-16(24)19(13)23(25,26)27/h4-9,11H,3,10H2,1-2H3,(H,33,34)/p-1. The topological polar surface area (TPSA) is 102 Å². The summed E-state index contributed by atoms with van der Waals surface area (Å²) in [4.78, 5) is 41.9. The number of nitrogens with zero attached hydrogens (tertiary/aromatic N) is 4. The minimum atomic E-state index is -5.11. The lowest BCUT2D eigenvalue weighted by Gasteiger charge is -2.17. The van der Waals surface area contributed by atoms with Crippen molar-refractivity contribution in [1.82, 2.24) is 18.7 Å². The van der Waals surface area contributed by atoms with Crippen molar-refractivity contribution in [3.05, 3.63) is 91.8 Å². The fourth-order valence-electron chi connectivity index (χ4n) is 4.04. The monoisotopic (exact) mass is 489 g/mol. The van der Waals surface area contributed by atoms with Gasteiger partial charge in [-0.2, -0.15) is 13.2 Å². The molecule has 0 spiro atoms. The number of hydrogen-bond acceptors (Lipinski definition) is 5. The summed E-state index contributed by atoms with van der Waals surface area (Å²) in [7, 11) is 0. The van der Waals surface area contributed by atoms with Crippen LogP contribution in [0.3, 0.4) is 0 Å². The predicted molar refractivity (Wildman–Crippen MR) is 115 cm³/mol. The van der Waals surface area contributed by atoms with Gasteiger partial charge in [0.2, 0.25) is 0 Å². The van der Waals surface area contributed by atoms with Crippen LogP contribution in [-0.2, 0) is 19.3 Å². The lowest BCUT2D eigenvalue weighted by molar-refractivity contribution is -0.255. The zero-order valence-corrected chi connectivity index (χ0v) is 18.4. The van der Waals surface area contributed by atoms with E-state index in [-0.39, 0.29) is 5.69 Å². The Labute approximate surface area is 194 Å². The molecule has 0 aliphatic heterocycles. The molecule has 0 fully saturated rings. The molecule has 182 valence electrons. The number of imidazole rings is 1. The van der Waals surface area contributed by atoms with E-state index in [9.17, 15) is 37.1 Å². The minimum Gasteiger partial charge on any atom is -0.545 e. The molecule has 0 amide bonds. The average molecular weight is 489 g/mol. The second kappa shape index (κ2) is 8.53. The number of fused-ring (bicyclic) bond motifs is 1. The first-order valence-electron chi connectivity index (χ1n) is 10.3. The number of aryl methyl sites for hydroxylation is 2. The first-order chi connectivity index (χ1) is 16.4. The van der Waals surface area contributed by atoms with Crippen molar-refractivity contribution in [2.75, 3.05) is 0 Å². The van der Waals surface area contributed by atoms with Crippen LogP contribution >= 0.6 is 0 Å². The van der Waals surface area contributed by atoms with Crippen molar-refractivity contribution in [3.63, 3.8) is 0 Å². The summed E-state index contributed by atoms with van der Waals surface area (Å²) in [5.74, 6) is -2.83. The third-order valence-corrected chi connectivity index (χ3v) is 5.62. The van der Waals surface area contributed by atoms with Crippen LogP contribution in [0.5, 0.6) is 0 Å². The smallest absolute Gasteiger partial charge is 0.419 e. The molecule has 0 radical (unpaired) electrons. The van der Waals surface area contributed by atoms with Crippen molar-refractivity contribution in [3.8, 4) is 5.69 Å². The molecule has 8 nitrogen and oxygen atoms in total. The number of aromatic nitrogens is 4. The van der Waals surface area contributed by atoms with Gasteiger partial charge in [0.05, 0.1) is 40.4 Å². The van der Waals surface area contributed by atoms with Crippen molar-refractivity contribution in [1.29, 1.82) is 0 Å². The highest BCUT2D eigenvalue weighted by Gasteiger charge is 2.37. The third-order valence-electron chi connectivity index (χ3n) is 5.62. The number of hydrogen-bond donors (Lipinski definition) is 0. The van der Waals surface area contributed by atoms with Gasteiger partial charge in [0.15, 0.2) is 0 Å². The second-order valence-corrected chi connectivity index (χ2v) is 7.72. The maximum absolute atomic E-state index is 14.0. The molecule has 0 saturated carbocycles. The van der Waals surface area contributed by atoms with Crippen LogP contribution in [0.4, 0.5) is 17.6 Å². The molecule has 2 heterocycles. The number of carboxylic acids is 1. The number of carbonyl (C=O) groups is 1. The van der Waals surface area contributed by atoms with Crippen LogP contribution < -0.4 is 16.4 Å². The SMILES string of the molecule is CCn1c(C)nc2cc(-n3cc(C(=O)[O-])c(=O)n(Cc4cccc(F)c4C(F)(F)F)c3=O)ccc21. The molecule has 2 aromatic heterocycles. The number of carbonyl (C=O) groups excluding carboxylic acids is 1. The molecular weight excluding hydrogens is 472 g/mol. The highest BCUT2D eigenvalue weighted by atomic mass is 19.4. The van der Waals surface area contributed by atoms with Crippen LogP contribution in [0.15, 0.2) is 52.2 Å². The summed E-state index contributed by atoms with van der Waals surface area (Å²) >= 11 is 0. The molecule has 2 aromatic carbocycles. The summed E-state index contributed by atoms with van der Waals surface area (Å²) < 4.78 is 57.4. The van der Waals surface area contributed by atoms with E-state index in [2.05, 4.69) is 4.98 Å². The van der Waals surface area contributed by atoms with Gasteiger partial charge >= 0.3 is 11.9 Å². The van der Waals surface area contributed by atoms with E-state index in [0.717, 1.165) is 28.4 Å². The van der Waals surface area contributed by atoms with Crippen molar-refractivity contribution in [2.24, 2.45) is 0 Å². The van der Waals surface area contributed by atoms with E-state index in [1.807, 2.05) is 11.5 Å². The predicted octanol–water partition coefficient (Wildman–Crippen LogP) is 2.25. The molecule has 0 saturated heterocycles. The van der Waals surface area contributed by atoms with Crippen molar-refractivity contribution >= 4 is 17.0 Å². The molecule has 35 heavy (non-hydrogen) atoms. The van der Waals surface area contributed by atoms with Gasteiger partial charge in [-0.15, -0.1) is 0 Å². The van der Waals surface area contributed by atoms with E-state index >= 15 is 0 Å². The molecule has 4 rings (SSSR count). The van der Waals surface area contributed by atoms with Gasteiger partial charge in [-0.05, 0) is 43.7 Å². The van der Waals surface area contributed by atoms with E-state index in [1.165, 1.54) is 12.1 Å². The summed E-state index contributed by atoms with van der Waals surface area (Å²) in [6.07, 6.45) is -4.37. The van der Waals surface area contributed by atoms with E-state index in [4.69, 9.17) is 0 Å². The zero-order valence-electron chi connectivity index (χ0n) is 18.4. The van der Waals surface area contributed by atoms with E-state index in [0.29, 0.717) is 28.5 Å². The van der Waals surface area contributed by atoms with Crippen LogP contribution in [0.2, 0.25) is 0 Å². The summed E-state index contributed by atoms with van der Waals surface area (Å²) in [5.41, 5.74) is -4.49. The molecule has 0 aliphatic carbocycles. The quantitative estimate of drug-likeness (QED) is 0.400. The first-order valence-corrected chi connectivity index (χ1v) is 10.3. The molecule has 0 atom stereocenters. The zero-order chi connectivity index (χ0) is 25.7. The summed E-state index contributed by atoms with van der Waals surface area (Å²) in [5, 5.41) is 11.6. The number of alkyl halides is 3. The van der Waals surface area contributed by atoms with Gasteiger partial charge in [-0.1, -0.05) is 12.1 Å². The lowest BCUT2D eigenvalue weighted by atomic mass is 10.1. The van der Waals surface area contributed by atoms with Gasteiger partial charge in [-0.25, -0.2) is 14.2 Å². The van der Waals surface area contributed by atoms with E-state index in [1.54, 1.807) is 13.0 Å². The number of rotatable bonds is 5. The van der Waals surface area contributed by atoms with Crippen molar-refractivity contribution < 1.29 is 27.5 Å². The normalized spacial score (nSPS) is 11.8. The van der Waals surface area contributed by atoms with Crippen LogP contribution in [-0.4, -0.2) is 24.7 Å². The Balaban J connectivity index is 1.95. The van der Waals surface area contributed by atoms with Crippen LogP contribution in [0.1, 0.15) is 34.2 Å². The Morgan fingerprint density at radius 2 is 1.83 bits per heavy atom. The maximum Gasteiger partial charge on any atom is 0.419 e. The molecule has 0 N–H and O–H groups in total. The minimum absolute atomic E-state index is 0.120. The Kier molecular flexibility index (Phi) is 5.83. The van der Waals surface area contributed by atoms with Gasteiger partial charge in [0.25, 0.3) is 5.56 Å². The van der Waals surface area contributed by atoms with Crippen LogP contribution in [0.25, 0.3) is 16.7 Å². The summed E-state index contributed by atoms with van der Waals surface area (Å²) in [6.45, 7) is 3.30. The molecule has 0 unspecified atom stereocenters. The van der Waals surface area contributed by atoms with Gasteiger partial charge in [0.1, 0.15) is 11.6 Å². The number of aromatic carboxylic acids is 1. The van der Waals surface area contributed by atoms with Crippen LogP contribution in [0, 0.1) is 12.7 Å². The largest absolute Gasteiger partial charge is 0.545 e. The Bertz CT molecular complexity index is 1600.